The number of hydrogen-bond donors (Lipinski definition) is 1. The second-order valence-electron chi connectivity index (χ2n) is 4.74. The first-order chi connectivity index (χ1) is 10.4. The SMILES string of the molecule is CN1C(=O)/C(=C2/C(=O)SC(=S)N2CC(=O)O)c2ccccc21. The van der Waals surface area contributed by atoms with E-state index in [1.54, 1.807) is 31.3 Å². The molecule has 6 nitrogen and oxygen atoms in total. The molecule has 22 heavy (non-hydrogen) atoms. The number of likely N-dealkylation sites (N-methyl/N-ethyl adjacent to an activating group) is 1. The fraction of sp³-hybridized carbons (Fsp3) is 0.143. The minimum absolute atomic E-state index is 0.0548. The molecule has 0 aliphatic carbocycles. The first-order valence-electron chi connectivity index (χ1n) is 6.29. The van der Waals surface area contributed by atoms with Crippen molar-refractivity contribution in [2.75, 3.05) is 18.5 Å². The van der Waals surface area contributed by atoms with Gasteiger partial charge < -0.3 is 14.9 Å². The number of carboxylic acids is 1. The second-order valence-corrected chi connectivity index (χ2v) is 6.35. The molecule has 0 radical (unpaired) electrons. The largest absolute Gasteiger partial charge is 0.480 e. The van der Waals surface area contributed by atoms with Gasteiger partial charge in [0.2, 0.25) is 5.12 Å². The zero-order valence-electron chi connectivity index (χ0n) is 11.4. The number of carbonyl (C=O) groups excluding carboxylic acids is 2. The lowest BCUT2D eigenvalue weighted by Gasteiger charge is -2.17. The highest BCUT2D eigenvalue weighted by molar-refractivity contribution is 8.33. The van der Waals surface area contributed by atoms with E-state index in [1.165, 1.54) is 9.80 Å². The molecule has 2 aliphatic rings. The first-order valence-corrected chi connectivity index (χ1v) is 7.51. The van der Waals surface area contributed by atoms with Crippen LogP contribution < -0.4 is 4.90 Å². The number of rotatable bonds is 2. The third-order valence-electron chi connectivity index (χ3n) is 3.45. The molecule has 2 aliphatic heterocycles. The summed E-state index contributed by atoms with van der Waals surface area (Å²) in [7, 11) is 1.61. The molecule has 1 N–H and O–H groups in total. The summed E-state index contributed by atoms with van der Waals surface area (Å²) in [5.74, 6) is -1.46. The third-order valence-corrected chi connectivity index (χ3v) is 4.69. The molecule has 0 spiro atoms. The zero-order valence-corrected chi connectivity index (χ0v) is 13.0. The summed E-state index contributed by atoms with van der Waals surface area (Å²) in [5.41, 5.74) is 1.55. The Bertz CT molecular complexity index is 772. The third kappa shape index (κ3) is 2.11. The minimum atomic E-state index is -1.12. The summed E-state index contributed by atoms with van der Waals surface area (Å²) < 4.78 is 0.148. The highest BCUT2D eigenvalue weighted by atomic mass is 32.2. The monoisotopic (exact) mass is 334 g/mol. The van der Waals surface area contributed by atoms with Crippen molar-refractivity contribution in [1.82, 2.24) is 4.90 Å². The van der Waals surface area contributed by atoms with Crippen molar-refractivity contribution in [1.29, 1.82) is 0 Å². The predicted octanol–water partition coefficient (Wildman–Crippen LogP) is 1.32. The second kappa shape index (κ2) is 5.22. The number of carbonyl (C=O) groups is 3. The minimum Gasteiger partial charge on any atom is -0.480 e. The normalized spacial score (nSPS) is 20.9. The van der Waals surface area contributed by atoms with Gasteiger partial charge in [0, 0.05) is 12.6 Å². The molecule has 2 heterocycles. The highest BCUT2D eigenvalue weighted by Crippen LogP contribution is 2.42. The maximum Gasteiger partial charge on any atom is 0.323 e. The smallest absolute Gasteiger partial charge is 0.323 e. The van der Waals surface area contributed by atoms with Crippen molar-refractivity contribution in [3.05, 3.63) is 35.5 Å². The van der Waals surface area contributed by atoms with Crippen molar-refractivity contribution < 1.29 is 19.5 Å². The molecule has 1 saturated heterocycles. The maximum absolute atomic E-state index is 12.5. The van der Waals surface area contributed by atoms with Gasteiger partial charge in [0.1, 0.15) is 16.6 Å². The Morgan fingerprint density at radius 3 is 2.68 bits per heavy atom. The van der Waals surface area contributed by atoms with E-state index in [2.05, 4.69) is 0 Å². The van der Waals surface area contributed by atoms with E-state index in [-0.39, 0.29) is 21.5 Å². The average molecular weight is 334 g/mol. The topological polar surface area (TPSA) is 77.9 Å². The Hall–Kier alpha value is -2.19. The number of thiocarbonyl (C=S) groups is 1. The van der Waals surface area contributed by atoms with Gasteiger partial charge in [0.05, 0.1) is 11.3 Å². The van der Waals surface area contributed by atoms with Crippen LogP contribution >= 0.6 is 24.0 Å². The maximum atomic E-state index is 12.5. The molecule has 1 amide bonds. The Balaban J connectivity index is 2.23. The number of thioether (sulfide) groups is 1. The van der Waals surface area contributed by atoms with E-state index in [0.717, 1.165) is 11.8 Å². The summed E-state index contributed by atoms with van der Waals surface area (Å²) in [6, 6.07) is 7.06. The molecule has 0 unspecified atom stereocenters. The number of para-hydroxylation sites is 1. The fourth-order valence-electron chi connectivity index (χ4n) is 2.50. The number of nitrogens with zero attached hydrogens (tertiary/aromatic N) is 2. The molecule has 1 fully saturated rings. The molecule has 0 saturated carbocycles. The Kier molecular flexibility index (Phi) is 3.50. The lowest BCUT2D eigenvalue weighted by molar-refractivity contribution is -0.137. The van der Waals surface area contributed by atoms with E-state index >= 15 is 0 Å². The van der Waals surface area contributed by atoms with Crippen LogP contribution in [0.4, 0.5) is 5.69 Å². The molecular weight excluding hydrogens is 324 g/mol. The molecule has 0 aromatic heterocycles. The first kappa shape index (κ1) is 14.7. The molecule has 112 valence electrons. The van der Waals surface area contributed by atoms with Crippen molar-refractivity contribution in [3.63, 3.8) is 0 Å². The number of aliphatic carboxylic acids is 1. The lowest BCUT2D eigenvalue weighted by atomic mass is 10.0. The zero-order chi connectivity index (χ0) is 16.0. The van der Waals surface area contributed by atoms with E-state index in [9.17, 15) is 14.4 Å². The fourth-order valence-corrected chi connectivity index (χ4v) is 3.62. The van der Waals surface area contributed by atoms with Crippen molar-refractivity contribution in [2.45, 2.75) is 0 Å². The summed E-state index contributed by atoms with van der Waals surface area (Å²) in [6.45, 7) is -0.449. The quantitative estimate of drug-likeness (QED) is 0.645. The molecule has 8 heteroatoms. The van der Waals surface area contributed by atoms with Crippen LogP contribution in [0.2, 0.25) is 0 Å². The van der Waals surface area contributed by atoms with E-state index in [0.29, 0.717) is 11.3 Å². The Morgan fingerprint density at radius 1 is 1.32 bits per heavy atom. The summed E-state index contributed by atoms with van der Waals surface area (Å²) >= 11 is 5.83. The number of benzene rings is 1. The molecular formula is C14H10N2O4S2. The van der Waals surface area contributed by atoms with Gasteiger partial charge in [0.25, 0.3) is 5.91 Å². The van der Waals surface area contributed by atoms with Crippen LogP contribution in [-0.4, -0.2) is 44.9 Å². The number of fused-ring (bicyclic) bond motifs is 1. The Labute approximate surface area is 135 Å². The molecule has 3 rings (SSSR count). The highest BCUT2D eigenvalue weighted by Gasteiger charge is 2.41. The van der Waals surface area contributed by atoms with Crippen molar-refractivity contribution >= 4 is 56.6 Å². The van der Waals surface area contributed by atoms with Crippen molar-refractivity contribution in [2.24, 2.45) is 0 Å². The summed E-state index contributed by atoms with van der Waals surface area (Å²) in [6.07, 6.45) is 0. The van der Waals surface area contributed by atoms with Gasteiger partial charge in [-0.2, -0.15) is 0 Å². The van der Waals surface area contributed by atoms with Crippen LogP contribution in [0.5, 0.6) is 0 Å². The van der Waals surface area contributed by atoms with Crippen LogP contribution in [0.1, 0.15) is 5.56 Å². The van der Waals surface area contributed by atoms with E-state index in [1.807, 2.05) is 0 Å². The molecule has 1 aromatic rings. The molecule has 1 aromatic carbocycles. The van der Waals surface area contributed by atoms with Crippen molar-refractivity contribution in [3.8, 4) is 0 Å². The van der Waals surface area contributed by atoms with Gasteiger partial charge in [0.15, 0.2) is 0 Å². The average Bonchev–Trinajstić information content (AvgIpc) is 2.86. The number of amides is 1. The van der Waals surface area contributed by atoms with Gasteiger partial charge in [-0.1, -0.05) is 30.4 Å². The van der Waals surface area contributed by atoms with E-state index in [4.69, 9.17) is 17.3 Å². The van der Waals surface area contributed by atoms with Gasteiger partial charge in [-0.05, 0) is 17.8 Å². The number of carboxylic acid groups (broad SMARTS) is 1. The summed E-state index contributed by atoms with van der Waals surface area (Å²) in [4.78, 5) is 38.4. The Morgan fingerprint density at radius 2 is 2.00 bits per heavy atom. The van der Waals surface area contributed by atoms with Crippen LogP contribution in [0, 0.1) is 0 Å². The van der Waals surface area contributed by atoms with E-state index < -0.39 is 17.6 Å². The lowest BCUT2D eigenvalue weighted by Crippen LogP contribution is -2.31. The van der Waals surface area contributed by atoms with Gasteiger partial charge >= 0.3 is 5.97 Å². The van der Waals surface area contributed by atoms with Crippen LogP contribution in [0.3, 0.4) is 0 Å². The van der Waals surface area contributed by atoms with Gasteiger partial charge in [-0.3, -0.25) is 14.4 Å². The van der Waals surface area contributed by atoms with Crippen LogP contribution in [0.25, 0.3) is 5.57 Å². The van der Waals surface area contributed by atoms with Gasteiger partial charge in [-0.25, -0.2) is 0 Å². The van der Waals surface area contributed by atoms with Gasteiger partial charge in [-0.15, -0.1) is 0 Å². The van der Waals surface area contributed by atoms with Crippen LogP contribution in [0.15, 0.2) is 30.0 Å². The predicted molar refractivity (Wildman–Crippen MR) is 86.3 cm³/mol. The number of hydrogen-bond acceptors (Lipinski definition) is 5. The molecule has 0 bridgehead atoms. The number of anilines is 1. The standard InChI is InChI=1S/C14H10N2O4S2/c1-15-8-5-3-2-4-7(8)10(12(15)19)11-13(20)22-14(21)16(11)6-9(17)18/h2-5H,6H2,1H3,(H,17,18)/b11-10-. The summed E-state index contributed by atoms with van der Waals surface area (Å²) in [5, 5.41) is 8.61. The molecule has 0 atom stereocenters. The van der Waals surface area contributed by atoms with Crippen LogP contribution in [-0.2, 0) is 14.4 Å².